The summed E-state index contributed by atoms with van der Waals surface area (Å²) in [5.41, 5.74) is 3.59. The fraction of sp³-hybridized carbons (Fsp3) is 0.182. The van der Waals surface area contributed by atoms with Crippen molar-refractivity contribution in [3.63, 3.8) is 0 Å². The van der Waals surface area contributed by atoms with E-state index in [0.717, 1.165) is 27.7 Å². The van der Waals surface area contributed by atoms with E-state index in [1.54, 1.807) is 24.4 Å². The van der Waals surface area contributed by atoms with E-state index in [1.807, 2.05) is 48.7 Å². The maximum Gasteiger partial charge on any atom is 0.324 e. The molecule has 0 bridgehead atoms. The first-order valence-corrected chi connectivity index (χ1v) is 9.53. The second kappa shape index (κ2) is 7.82. The zero-order valence-corrected chi connectivity index (χ0v) is 16.7. The van der Waals surface area contributed by atoms with Gasteiger partial charge in [-0.25, -0.2) is 9.78 Å². The first kappa shape index (κ1) is 19.4. The highest BCUT2D eigenvalue weighted by Crippen LogP contribution is 2.21. The zero-order chi connectivity index (χ0) is 21.3. The number of urea groups is 1. The molecule has 0 unspecified atom stereocenters. The minimum Gasteiger partial charge on any atom is -0.329 e. The predicted molar refractivity (Wildman–Crippen MR) is 111 cm³/mol. The molecule has 8 heteroatoms. The lowest BCUT2D eigenvalue weighted by atomic mass is 10.1. The maximum atomic E-state index is 12.9. The summed E-state index contributed by atoms with van der Waals surface area (Å²) in [7, 11) is 0. The second-order valence-corrected chi connectivity index (χ2v) is 7.10. The van der Waals surface area contributed by atoms with Crippen LogP contribution in [0.2, 0.25) is 0 Å². The summed E-state index contributed by atoms with van der Waals surface area (Å²) < 4.78 is 1.93. The number of amides is 4. The first-order valence-electron chi connectivity index (χ1n) is 9.53. The fourth-order valence-electron chi connectivity index (χ4n) is 3.58. The summed E-state index contributed by atoms with van der Waals surface area (Å²) >= 11 is 0. The molecule has 1 aliphatic heterocycles. The van der Waals surface area contributed by atoms with Crippen LogP contribution in [0.5, 0.6) is 0 Å². The van der Waals surface area contributed by atoms with Crippen molar-refractivity contribution in [1.29, 1.82) is 0 Å². The molecule has 0 saturated carbocycles. The Morgan fingerprint density at radius 3 is 2.67 bits per heavy atom. The van der Waals surface area contributed by atoms with Gasteiger partial charge >= 0.3 is 6.03 Å². The third-order valence-electron chi connectivity index (χ3n) is 5.02. The van der Waals surface area contributed by atoms with E-state index in [-0.39, 0.29) is 24.9 Å². The van der Waals surface area contributed by atoms with Crippen molar-refractivity contribution in [3.05, 3.63) is 77.2 Å². The maximum absolute atomic E-state index is 12.9. The molecule has 0 atom stereocenters. The molecule has 0 spiro atoms. The smallest absolute Gasteiger partial charge is 0.324 e. The van der Waals surface area contributed by atoms with E-state index in [4.69, 9.17) is 0 Å². The number of aryl methyl sites for hydroxylation is 1. The minimum absolute atomic E-state index is 0.0150. The van der Waals surface area contributed by atoms with Crippen LogP contribution < -0.4 is 10.6 Å². The van der Waals surface area contributed by atoms with Gasteiger partial charge in [0.2, 0.25) is 5.91 Å². The molecule has 4 amide bonds. The number of imide groups is 1. The van der Waals surface area contributed by atoms with Crippen molar-refractivity contribution < 1.29 is 14.4 Å². The van der Waals surface area contributed by atoms with Gasteiger partial charge in [-0.15, -0.1) is 0 Å². The van der Waals surface area contributed by atoms with E-state index < -0.39 is 6.03 Å². The molecule has 0 radical (unpaired) electrons. The van der Waals surface area contributed by atoms with Gasteiger partial charge in [0.05, 0.1) is 18.7 Å². The number of carbonyl (C=O) groups is 3. The van der Waals surface area contributed by atoms with E-state index >= 15 is 0 Å². The highest BCUT2D eigenvalue weighted by molar-refractivity contribution is 6.05. The molecule has 1 aliphatic rings. The van der Waals surface area contributed by atoms with Crippen LogP contribution in [0.3, 0.4) is 0 Å². The topological polar surface area (TPSA) is 96.3 Å². The molecule has 1 saturated heterocycles. The molecule has 3 aromatic rings. The molecule has 2 aromatic heterocycles. The van der Waals surface area contributed by atoms with E-state index in [2.05, 4.69) is 15.6 Å². The lowest BCUT2D eigenvalue weighted by Gasteiger charge is -2.13. The normalized spacial score (nSPS) is 13.5. The molecule has 0 aliphatic carbocycles. The average molecular weight is 403 g/mol. The van der Waals surface area contributed by atoms with Crippen molar-refractivity contribution >= 4 is 23.5 Å². The Labute approximate surface area is 173 Å². The predicted octanol–water partition coefficient (Wildman–Crippen LogP) is 2.79. The number of rotatable bonds is 5. The quantitative estimate of drug-likeness (QED) is 0.640. The molecule has 4 rings (SSSR count). The zero-order valence-electron chi connectivity index (χ0n) is 16.7. The van der Waals surface area contributed by atoms with Crippen LogP contribution in [0.25, 0.3) is 5.82 Å². The average Bonchev–Trinajstić information content (AvgIpc) is 3.21. The number of nitrogens with one attached hydrogen (secondary N) is 2. The Morgan fingerprint density at radius 2 is 1.97 bits per heavy atom. The highest BCUT2D eigenvalue weighted by atomic mass is 16.2. The van der Waals surface area contributed by atoms with Gasteiger partial charge in [-0.1, -0.05) is 18.2 Å². The molecule has 30 heavy (non-hydrogen) atoms. The summed E-state index contributed by atoms with van der Waals surface area (Å²) in [5, 5.41) is 5.40. The van der Waals surface area contributed by atoms with Crippen LogP contribution in [0.4, 0.5) is 10.5 Å². The lowest BCUT2D eigenvalue weighted by Crippen LogP contribution is -2.30. The number of carbonyl (C=O) groups excluding carboxylic acids is 3. The van der Waals surface area contributed by atoms with Crippen LogP contribution in [0.1, 0.15) is 27.3 Å². The SMILES string of the molecule is Cc1cc(C(=O)Nc2cccc(CN3C(=O)CNC3=O)c2)c(C)n1-c1ccccn1. The summed E-state index contributed by atoms with van der Waals surface area (Å²) in [4.78, 5) is 42.0. The summed E-state index contributed by atoms with van der Waals surface area (Å²) in [6, 6.07) is 14.2. The number of benzene rings is 1. The summed E-state index contributed by atoms with van der Waals surface area (Å²) in [5.74, 6) is 0.246. The van der Waals surface area contributed by atoms with Gasteiger partial charge in [0.1, 0.15) is 5.82 Å². The van der Waals surface area contributed by atoms with Gasteiger partial charge in [-0.3, -0.25) is 14.5 Å². The van der Waals surface area contributed by atoms with Gasteiger partial charge in [0, 0.05) is 23.3 Å². The Morgan fingerprint density at radius 1 is 1.13 bits per heavy atom. The number of hydrogen-bond donors (Lipinski definition) is 2. The van der Waals surface area contributed by atoms with E-state index in [0.29, 0.717) is 11.3 Å². The van der Waals surface area contributed by atoms with Crippen molar-refractivity contribution in [2.24, 2.45) is 0 Å². The Kier molecular flexibility index (Phi) is 5.05. The molecule has 1 fully saturated rings. The number of pyridine rings is 1. The number of hydrogen-bond acceptors (Lipinski definition) is 4. The van der Waals surface area contributed by atoms with Crippen molar-refractivity contribution in [3.8, 4) is 5.82 Å². The second-order valence-electron chi connectivity index (χ2n) is 7.10. The largest absolute Gasteiger partial charge is 0.329 e. The molecular formula is C22H21N5O3. The van der Waals surface area contributed by atoms with Crippen molar-refractivity contribution in [2.45, 2.75) is 20.4 Å². The number of anilines is 1. The van der Waals surface area contributed by atoms with Crippen molar-refractivity contribution in [2.75, 3.05) is 11.9 Å². The first-order chi connectivity index (χ1) is 14.4. The monoisotopic (exact) mass is 403 g/mol. The Hall–Kier alpha value is -3.94. The number of nitrogens with zero attached hydrogens (tertiary/aromatic N) is 3. The summed E-state index contributed by atoms with van der Waals surface area (Å²) in [6.45, 7) is 3.98. The Balaban J connectivity index is 1.54. The van der Waals surface area contributed by atoms with Crippen LogP contribution in [-0.4, -0.2) is 38.8 Å². The van der Waals surface area contributed by atoms with Gasteiger partial charge in [0.15, 0.2) is 0 Å². The summed E-state index contributed by atoms with van der Waals surface area (Å²) in [6.07, 6.45) is 1.71. The molecule has 2 N–H and O–H groups in total. The van der Waals surface area contributed by atoms with E-state index in [9.17, 15) is 14.4 Å². The highest BCUT2D eigenvalue weighted by Gasteiger charge is 2.28. The Bertz CT molecular complexity index is 1120. The van der Waals surface area contributed by atoms with Crippen LogP contribution in [0, 0.1) is 13.8 Å². The van der Waals surface area contributed by atoms with Crippen LogP contribution in [0.15, 0.2) is 54.7 Å². The molecule has 152 valence electrons. The minimum atomic E-state index is -0.406. The molecule has 3 heterocycles. The van der Waals surface area contributed by atoms with Gasteiger partial charge in [0.25, 0.3) is 5.91 Å². The molecule has 8 nitrogen and oxygen atoms in total. The third-order valence-corrected chi connectivity index (χ3v) is 5.02. The van der Waals surface area contributed by atoms with E-state index in [1.165, 1.54) is 0 Å². The van der Waals surface area contributed by atoms with Crippen LogP contribution >= 0.6 is 0 Å². The lowest BCUT2D eigenvalue weighted by molar-refractivity contribution is -0.125. The van der Waals surface area contributed by atoms with Crippen molar-refractivity contribution in [1.82, 2.24) is 19.8 Å². The van der Waals surface area contributed by atoms with Crippen LogP contribution in [-0.2, 0) is 11.3 Å². The fourth-order valence-corrected chi connectivity index (χ4v) is 3.58. The van der Waals surface area contributed by atoms with Gasteiger partial charge in [-0.2, -0.15) is 0 Å². The van der Waals surface area contributed by atoms with Gasteiger partial charge < -0.3 is 15.2 Å². The third kappa shape index (κ3) is 3.67. The van der Waals surface area contributed by atoms with Gasteiger partial charge in [-0.05, 0) is 49.7 Å². The molecule has 1 aromatic carbocycles. The number of aromatic nitrogens is 2. The standard InChI is InChI=1S/C22H21N5O3/c1-14-10-18(15(2)27(14)19-8-3-4-9-23-19)21(29)25-17-7-5-6-16(11-17)13-26-20(28)12-24-22(26)30/h3-11H,12-13H2,1-2H3,(H,24,30)(H,25,29). The molecular weight excluding hydrogens is 382 g/mol.